The number of alkyl halides is 3. The van der Waals surface area contributed by atoms with E-state index >= 15 is 0 Å². The number of pyridine rings is 1. The first-order chi connectivity index (χ1) is 14.7. The fraction of sp³-hybridized carbons (Fsp3) is 0.474. The summed E-state index contributed by atoms with van der Waals surface area (Å²) in [4.78, 5) is 23.0. The van der Waals surface area contributed by atoms with Gasteiger partial charge >= 0.3 is 12.1 Å². The number of halogens is 4. The Balaban J connectivity index is 0.000000339. The zero-order valence-corrected chi connectivity index (χ0v) is 16.3. The van der Waals surface area contributed by atoms with Gasteiger partial charge in [-0.25, -0.2) is 19.2 Å². The molecule has 4 heterocycles. The molecule has 31 heavy (non-hydrogen) atoms. The standard InChI is InChI=1S/C17H19FN4O2.C2HF3O2/c18-15-7-20-16(21-8-15)22-11-17(12-22)14(3-6-24-17)10-23-9-13-1-4-19-5-2-13;3-2(4,5)1(6)7/h1-2,4-5,7-8,14H,3,6,9-12H2;(H,6,7). The number of carboxylic acids is 1. The Hall–Kier alpha value is -2.86. The molecule has 2 aromatic heterocycles. The number of hydrogen-bond acceptors (Lipinski definition) is 7. The number of ether oxygens (including phenoxy) is 2. The van der Waals surface area contributed by atoms with Crippen molar-refractivity contribution in [3.8, 4) is 0 Å². The predicted molar refractivity (Wildman–Crippen MR) is 98.6 cm³/mol. The summed E-state index contributed by atoms with van der Waals surface area (Å²) < 4.78 is 56.5. The van der Waals surface area contributed by atoms with Gasteiger partial charge in [0.2, 0.25) is 5.95 Å². The molecule has 0 amide bonds. The van der Waals surface area contributed by atoms with Crippen LogP contribution in [0.15, 0.2) is 36.9 Å². The number of aliphatic carboxylic acids is 1. The molecule has 0 bridgehead atoms. The molecule has 1 unspecified atom stereocenters. The molecule has 0 saturated carbocycles. The normalized spacial score (nSPS) is 19.5. The molecular weight excluding hydrogens is 424 g/mol. The Morgan fingerprint density at radius 3 is 2.45 bits per heavy atom. The van der Waals surface area contributed by atoms with Crippen LogP contribution in [0.2, 0.25) is 0 Å². The summed E-state index contributed by atoms with van der Waals surface area (Å²) in [6.07, 6.45) is 1.83. The van der Waals surface area contributed by atoms with E-state index in [4.69, 9.17) is 19.4 Å². The fourth-order valence-corrected chi connectivity index (χ4v) is 3.38. The van der Waals surface area contributed by atoms with Gasteiger partial charge in [0.1, 0.15) is 5.60 Å². The summed E-state index contributed by atoms with van der Waals surface area (Å²) in [6.45, 7) is 3.45. The van der Waals surface area contributed by atoms with Crippen molar-refractivity contribution >= 4 is 11.9 Å². The van der Waals surface area contributed by atoms with Gasteiger partial charge in [0.05, 0.1) is 38.7 Å². The topological polar surface area (TPSA) is 97.7 Å². The van der Waals surface area contributed by atoms with E-state index in [1.54, 1.807) is 12.4 Å². The van der Waals surface area contributed by atoms with Crippen molar-refractivity contribution in [3.05, 3.63) is 48.3 Å². The van der Waals surface area contributed by atoms with Crippen molar-refractivity contribution < 1.29 is 36.9 Å². The van der Waals surface area contributed by atoms with Crippen molar-refractivity contribution in [2.75, 3.05) is 31.2 Å². The summed E-state index contributed by atoms with van der Waals surface area (Å²) in [6, 6.07) is 3.91. The van der Waals surface area contributed by atoms with Crippen LogP contribution in [0.3, 0.4) is 0 Å². The quantitative estimate of drug-likeness (QED) is 0.703. The van der Waals surface area contributed by atoms with Crippen LogP contribution < -0.4 is 4.90 Å². The van der Waals surface area contributed by atoms with Gasteiger partial charge in [-0.05, 0) is 24.1 Å². The van der Waals surface area contributed by atoms with E-state index in [1.807, 2.05) is 17.0 Å². The van der Waals surface area contributed by atoms with E-state index in [0.29, 0.717) is 25.1 Å². The first-order valence-corrected chi connectivity index (χ1v) is 9.33. The third-order valence-electron chi connectivity index (χ3n) is 4.99. The molecule has 12 heteroatoms. The lowest BCUT2D eigenvalue weighted by molar-refractivity contribution is -0.192. The van der Waals surface area contributed by atoms with Crippen molar-refractivity contribution in [2.24, 2.45) is 5.92 Å². The van der Waals surface area contributed by atoms with Gasteiger partial charge in [-0.1, -0.05) is 0 Å². The van der Waals surface area contributed by atoms with E-state index < -0.39 is 18.0 Å². The maximum atomic E-state index is 12.9. The van der Waals surface area contributed by atoms with Crippen LogP contribution in [0.1, 0.15) is 12.0 Å². The largest absolute Gasteiger partial charge is 0.490 e. The first-order valence-electron chi connectivity index (χ1n) is 9.33. The molecule has 2 saturated heterocycles. The summed E-state index contributed by atoms with van der Waals surface area (Å²) >= 11 is 0. The lowest BCUT2D eigenvalue weighted by atomic mass is 9.81. The molecule has 2 fully saturated rings. The molecule has 0 radical (unpaired) electrons. The zero-order valence-electron chi connectivity index (χ0n) is 16.3. The summed E-state index contributed by atoms with van der Waals surface area (Å²) in [5.41, 5.74) is 0.934. The Kier molecular flexibility index (Phi) is 7.01. The monoisotopic (exact) mass is 444 g/mol. The third-order valence-corrected chi connectivity index (χ3v) is 4.99. The minimum Gasteiger partial charge on any atom is -0.475 e. The zero-order chi connectivity index (χ0) is 22.5. The lowest BCUT2D eigenvalue weighted by Crippen LogP contribution is -2.66. The van der Waals surface area contributed by atoms with Crippen LogP contribution >= 0.6 is 0 Å². The second kappa shape index (κ2) is 9.52. The molecule has 8 nitrogen and oxygen atoms in total. The van der Waals surface area contributed by atoms with Crippen LogP contribution in [0.4, 0.5) is 23.5 Å². The number of anilines is 1. The second-order valence-corrected chi connectivity index (χ2v) is 7.13. The average molecular weight is 444 g/mol. The van der Waals surface area contributed by atoms with Gasteiger partial charge in [-0.15, -0.1) is 0 Å². The first kappa shape index (κ1) is 22.8. The van der Waals surface area contributed by atoms with Crippen molar-refractivity contribution in [3.63, 3.8) is 0 Å². The second-order valence-electron chi connectivity index (χ2n) is 7.13. The highest BCUT2D eigenvalue weighted by Gasteiger charge is 2.53. The van der Waals surface area contributed by atoms with E-state index in [9.17, 15) is 17.6 Å². The van der Waals surface area contributed by atoms with Gasteiger partial charge < -0.3 is 19.5 Å². The van der Waals surface area contributed by atoms with E-state index in [1.165, 1.54) is 12.4 Å². The number of nitrogens with zero attached hydrogens (tertiary/aromatic N) is 4. The number of rotatable bonds is 5. The molecule has 0 aromatic carbocycles. The van der Waals surface area contributed by atoms with Gasteiger partial charge in [0.15, 0.2) is 5.82 Å². The Labute approximate surface area is 174 Å². The van der Waals surface area contributed by atoms with E-state index in [-0.39, 0.29) is 5.60 Å². The molecule has 2 aliphatic heterocycles. The average Bonchev–Trinajstić information content (AvgIpc) is 3.12. The minimum atomic E-state index is -5.08. The maximum Gasteiger partial charge on any atom is 0.490 e. The van der Waals surface area contributed by atoms with Crippen LogP contribution in [0.25, 0.3) is 0 Å². The van der Waals surface area contributed by atoms with Gasteiger partial charge in [-0.2, -0.15) is 13.2 Å². The molecule has 4 rings (SSSR count). The van der Waals surface area contributed by atoms with Crippen LogP contribution in [-0.4, -0.2) is 64.1 Å². The summed E-state index contributed by atoms with van der Waals surface area (Å²) in [7, 11) is 0. The number of hydrogen-bond donors (Lipinski definition) is 1. The SMILES string of the molecule is Fc1cnc(N2CC3(C2)OCCC3COCc2ccncc2)nc1.O=C(O)C(F)(F)F. The molecule has 0 aliphatic carbocycles. The van der Waals surface area contributed by atoms with Crippen LogP contribution in [0.5, 0.6) is 0 Å². The molecule has 1 spiro atoms. The highest BCUT2D eigenvalue weighted by molar-refractivity contribution is 5.73. The minimum absolute atomic E-state index is 0.185. The van der Waals surface area contributed by atoms with Crippen molar-refractivity contribution in [2.45, 2.75) is 24.8 Å². The summed E-state index contributed by atoms with van der Waals surface area (Å²) in [5, 5.41) is 7.12. The van der Waals surface area contributed by atoms with E-state index in [2.05, 4.69) is 15.0 Å². The maximum absolute atomic E-state index is 12.9. The molecule has 1 atom stereocenters. The van der Waals surface area contributed by atoms with Crippen LogP contribution in [0, 0.1) is 11.7 Å². The Bertz CT molecular complexity index is 861. The van der Waals surface area contributed by atoms with Crippen molar-refractivity contribution in [1.82, 2.24) is 15.0 Å². The van der Waals surface area contributed by atoms with Gasteiger partial charge in [-0.3, -0.25) is 4.98 Å². The highest BCUT2D eigenvalue weighted by atomic mass is 19.4. The Morgan fingerprint density at radius 1 is 1.26 bits per heavy atom. The smallest absolute Gasteiger partial charge is 0.475 e. The van der Waals surface area contributed by atoms with Crippen molar-refractivity contribution in [1.29, 1.82) is 0 Å². The number of carbonyl (C=O) groups is 1. The van der Waals surface area contributed by atoms with Crippen LogP contribution in [-0.2, 0) is 20.9 Å². The van der Waals surface area contributed by atoms with Gasteiger partial charge in [0.25, 0.3) is 0 Å². The summed E-state index contributed by atoms with van der Waals surface area (Å²) in [5.74, 6) is -2.27. The number of carboxylic acid groups (broad SMARTS) is 1. The highest BCUT2D eigenvalue weighted by Crippen LogP contribution is 2.41. The molecular formula is C19H20F4N4O4. The molecule has 2 aliphatic rings. The number of aromatic nitrogens is 3. The molecule has 1 N–H and O–H groups in total. The third kappa shape index (κ3) is 5.85. The lowest BCUT2D eigenvalue weighted by Gasteiger charge is -2.50. The molecule has 168 valence electrons. The Morgan fingerprint density at radius 2 is 1.87 bits per heavy atom. The molecule has 2 aromatic rings. The van der Waals surface area contributed by atoms with E-state index in [0.717, 1.165) is 31.7 Å². The fourth-order valence-electron chi connectivity index (χ4n) is 3.38. The predicted octanol–water partition coefficient (Wildman–Crippen LogP) is 2.46. The van der Waals surface area contributed by atoms with Gasteiger partial charge in [0, 0.05) is 24.9 Å².